The van der Waals surface area contributed by atoms with E-state index in [0.29, 0.717) is 12.1 Å². The van der Waals surface area contributed by atoms with E-state index in [9.17, 15) is 9.90 Å². The van der Waals surface area contributed by atoms with Crippen molar-refractivity contribution in [3.8, 4) is 11.4 Å². The van der Waals surface area contributed by atoms with Crippen molar-refractivity contribution in [3.05, 3.63) is 47.3 Å². The zero-order chi connectivity index (χ0) is 17.3. The molecule has 1 aromatic heterocycles. The lowest BCUT2D eigenvalue weighted by atomic mass is 10.2. The van der Waals surface area contributed by atoms with Gasteiger partial charge in [0.25, 0.3) is 5.91 Å². The summed E-state index contributed by atoms with van der Waals surface area (Å²) in [7, 11) is 1.64. The van der Waals surface area contributed by atoms with Crippen molar-refractivity contribution in [1.29, 1.82) is 0 Å². The molecule has 24 heavy (non-hydrogen) atoms. The van der Waals surface area contributed by atoms with Crippen molar-refractivity contribution in [3.63, 3.8) is 0 Å². The van der Waals surface area contributed by atoms with Gasteiger partial charge in [0, 0.05) is 29.7 Å². The Balaban J connectivity index is 1.94. The molecular weight excluding hydrogens is 304 g/mol. The Labute approximate surface area is 142 Å². The van der Waals surface area contributed by atoms with E-state index < -0.39 is 0 Å². The largest absolute Gasteiger partial charge is 0.497 e. The molecule has 0 radical (unpaired) electrons. The molecular formula is C19H24N2O3. The van der Waals surface area contributed by atoms with Crippen LogP contribution in [-0.2, 0) is 0 Å². The van der Waals surface area contributed by atoms with Crippen LogP contribution in [0.15, 0.2) is 30.3 Å². The van der Waals surface area contributed by atoms with Gasteiger partial charge in [0.2, 0.25) is 0 Å². The molecule has 0 unspecified atom stereocenters. The van der Waals surface area contributed by atoms with E-state index in [4.69, 9.17) is 4.74 Å². The second kappa shape index (κ2) is 6.69. The predicted octanol–water partition coefficient (Wildman–Crippen LogP) is 2.70. The van der Waals surface area contributed by atoms with Gasteiger partial charge < -0.3 is 19.3 Å². The number of methoxy groups -OCH3 is 1. The molecule has 1 heterocycles. The number of aromatic nitrogens is 1. The van der Waals surface area contributed by atoms with Crippen LogP contribution < -0.4 is 4.74 Å². The van der Waals surface area contributed by atoms with Crippen molar-refractivity contribution in [2.24, 2.45) is 0 Å². The molecule has 5 nitrogen and oxygen atoms in total. The first-order chi connectivity index (χ1) is 11.6. The van der Waals surface area contributed by atoms with Crippen molar-refractivity contribution >= 4 is 5.91 Å². The highest BCUT2D eigenvalue weighted by Crippen LogP contribution is 2.30. The van der Waals surface area contributed by atoms with Crippen LogP contribution >= 0.6 is 0 Å². The number of aliphatic hydroxyl groups is 1. The van der Waals surface area contributed by atoms with Gasteiger partial charge in [-0.3, -0.25) is 4.79 Å². The number of aryl methyl sites for hydroxylation is 1. The maximum absolute atomic E-state index is 12.9. The summed E-state index contributed by atoms with van der Waals surface area (Å²) in [6, 6.07) is 10.0. The van der Waals surface area contributed by atoms with Crippen LogP contribution in [0.25, 0.3) is 5.69 Å². The molecule has 1 fully saturated rings. The van der Waals surface area contributed by atoms with Crippen molar-refractivity contribution in [1.82, 2.24) is 9.47 Å². The average molecular weight is 328 g/mol. The molecule has 1 aliphatic rings. The molecule has 1 aromatic carbocycles. The van der Waals surface area contributed by atoms with Gasteiger partial charge in [-0.05, 0) is 57.0 Å². The van der Waals surface area contributed by atoms with Gasteiger partial charge in [-0.2, -0.15) is 0 Å². The van der Waals surface area contributed by atoms with Crippen molar-refractivity contribution < 1.29 is 14.6 Å². The third-order valence-electron chi connectivity index (χ3n) is 4.58. The minimum absolute atomic E-state index is 0.000537. The van der Waals surface area contributed by atoms with E-state index in [1.807, 2.05) is 44.2 Å². The Morgan fingerprint density at radius 3 is 2.50 bits per heavy atom. The van der Waals surface area contributed by atoms with E-state index in [1.54, 1.807) is 12.0 Å². The van der Waals surface area contributed by atoms with Gasteiger partial charge in [-0.25, -0.2) is 0 Å². The van der Waals surface area contributed by atoms with Crippen LogP contribution in [0.2, 0.25) is 0 Å². The Morgan fingerprint density at radius 1 is 1.29 bits per heavy atom. The van der Waals surface area contributed by atoms with Gasteiger partial charge in [-0.1, -0.05) is 0 Å². The molecule has 3 rings (SSSR count). The van der Waals surface area contributed by atoms with Crippen LogP contribution in [0, 0.1) is 13.8 Å². The second-order valence-electron chi connectivity index (χ2n) is 6.27. The average Bonchev–Trinajstić information content (AvgIpc) is 3.38. The highest BCUT2D eigenvalue weighted by atomic mass is 16.5. The number of aliphatic hydroxyl groups excluding tert-OH is 1. The normalized spacial score (nSPS) is 13.8. The van der Waals surface area contributed by atoms with Crippen LogP contribution in [-0.4, -0.2) is 46.8 Å². The summed E-state index contributed by atoms with van der Waals surface area (Å²) < 4.78 is 7.29. The molecule has 1 saturated carbocycles. The number of carbonyl (C=O) groups is 1. The smallest absolute Gasteiger partial charge is 0.256 e. The number of amides is 1. The monoisotopic (exact) mass is 328 g/mol. The third-order valence-corrected chi connectivity index (χ3v) is 4.58. The second-order valence-corrected chi connectivity index (χ2v) is 6.27. The van der Waals surface area contributed by atoms with E-state index in [-0.39, 0.29) is 18.6 Å². The van der Waals surface area contributed by atoms with Gasteiger partial charge in [0.15, 0.2) is 0 Å². The molecule has 128 valence electrons. The molecule has 2 aromatic rings. The number of nitrogens with zero attached hydrogens (tertiary/aromatic N) is 2. The maximum Gasteiger partial charge on any atom is 0.256 e. The van der Waals surface area contributed by atoms with Crippen molar-refractivity contribution in [2.45, 2.75) is 32.7 Å². The molecule has 1 aliphatic carbocycles. The number of ether oxygens (including phenoxy) is 1. The first kappa shape index (κ1) is 16.6. The quantitative estimate of drug-likeness (QED) is 0.887. The fraction of sp³-hybridized carbons (Fsp3) is 0.421. The summed E-state index contributed by atoms with van der Waals surface area (Å²) in [5, 5.41) is 9.25. The molecule has 0 spiro atoms. The molecule has 0 atom stereocenters. The van der Waals surface area contributed by atoms with E-state index >= 15 is 0 Å². The van der Waals surface area contributed by atoms with Crippen molar-refractivity contribution in [2.75, 3.05) is 20.3 Å². The molecule has 0 aliphatic heterocycles. The lowest BCUT2D eigenvalue weighted by molar-refractivity contribution is 0.0707. The highest BCUT2D eigenvalue weighted by Gasteiger charge is 2.34. The summed E-state index contributed by atoms with van der Waals surface area (Å²) in [4.78, 5) is 14.7. The summed E-state index contributed by atoms with van der Waals surface area (Å²) in [5.74, 6) is 0.819. The van der Waals surface area contributed by atoms with Crippen LogP contribution in [0.4, 0.5) is 0 Å². The van der Waals surface area contributed by atoms with Gasteiger partial charge in [0.1, 0.15) is 5.75 Å². The summed E-state index contributed by atoms with van der Waals surface area (Å²) in [6.45, 7) is 4.37. The zero-order valence-corrected chi connectivity index (χ0v) is 14.5. The Hall–Kier alpha value is -2.27. The minimum Gasteiger partial charge on any atom is -0.497 e. The molecule has 1 N–H and O–H groups in total. The van der Waals surface area contributed by atoms with Crippen LogP contribution in [0.3, 0.4) is 0 Å². The van der Waals surface area contributed by atoms with Gasteiger partial charge >= 0.3 is 0 Å². The molecule has 0 bridgehead atoms. The summed E-state index contributed by atoms with van der Waals surface area (Å²) >= 11 is 0. The van der Waals surface area contributed by atoms with Gasteiger partial charge in [-0.15, -0.1) is 0 Å². The number of carbonyl (C=O) groups excluding carboxylic acids is 1. The fourth-order valence-corrected chi connectivity index (χ4v) is 3.21. The fourth-order valence-electron chi connectivity index (χ4n) is 3.21. The number of rotatable bonds is 6. The lowest BCUT2D eigenvalue weighted by Gasteiger charge is -2.21. The van der Waals surface area contributed by atoms with E-state index in [2.05, 4.69) is 4.57 Å². The number of hydrogen-bond acceptors (Lipinski definition) is 3. The topological polar surface area (TPSA) is 54.7 Å². The summed E-state index contributed by atoms with van der Waals surface area (Å²) in [5.41, 5.74) is 3.65. The Bertz CT molecular complexity index is 730. The molecule has 1 amide bonds. The van der Waals surface area contributed by atoms with Crippen LogP contribution in [0.1, 0.15) is 34.6 Å². The third kappa shape index (κ3) is 3.04. The molecule has 5 heteroatoms. The van der Waals surface area contributed by atoms with E-state index in [0.717, 1.165) is 35.7 Å². The van der Waals surface area contributed by atoms with Gasteiger partial charge in [0.05, 0.1) is 19.3 Å². The zero-order valence-electron chi connectivity index (χ0n) is 14.5. The van der Waals surface area contributed by atoms with Crippen LogP contribution in [0.5, 0.6) is 5.75 Å². The Kier molecular flexibility index (Phi) is 4.62. The van der Waals surface area contributed by atoms with E-state index in [1.165, 1.54) is 0 Å². The minimum atomic E-state index is -0.000537. The standard InChI is InChI=1S/C19H24N2O3/c1-13-12-18(19(23)20(10-11-22)15-4-5-15)14(2)21(13)16-6-8-17(24-3)9-7-16/h6-9,12,15,22H,4-5,10-11H2,1-3H3. The lowest BCUT2D eigenvalue weighted by Crippen LogP contribution is -2.35. The predicted molar refractivity (Wildman–Crippen MR) is 92.9 cm³/mol. The highest BCUT2D eigenvalue weighted by molar-refractivity contribution is 5.96. The first-order valence-electron chi connectivity index (χ1n) is 8.32. The molecule has 0 saturated heterocycles. The maximum atomic E-state index is 12.9. The first-order valence-corrected chi connectivity index (χ1v) is 8.32. The Morgan fingerprint density at radius 2 is 1.96 bits per heavy atom. The number of hydrogen-bond donors (Lipinski definition) is 1. The summed E-state index contributed by atoms with van der Waals surface area (Å²) in [6.07, 6.45) is 2.06. The SMILES string of the molecule is COc1ccc(-n2c(C)cc(C(=O)N(CCO)C3CC3)c2C)cc1. The number of benzene rings is 1.